The van der Waals surface area contributed by atoms with Gasteiger partial charge in [-0.1, -0.05) is 64.7 Å². The number of nitrogens with zero attached hydrogens (tertiary/aromatic N) is 2. The van der Waals surface area contributed by atoms with Gasteiger partial charge in [-0.2, -0.15) is 0 Å². The van der Waals surface area contributed by atoms with Crippen LogP contribution < -0.4 is 0 Å². The molecule has 0 bridgehead atoms. The fraction of sp³-hybridized carbons (Fsp3) is 0.800. The normalized spacial score (nSPS) is 11.0. The largest absolute Gasteiger partial charge is 0.337 e. The molecule has 0 radical (unpaired) electrons. The number of aromatic nitrogens is 2. The average molecular weight is 321 g/mol. The van der Waals surface area contributed by atoms with Crippen molar-refractivity contribution >= 4 is 5.78 Å². The summed E-state index contributed by atoms with van der Waals surface area (Å²) in [5, 5.41) is 0. The second-order valence-corrected chi connectivity index (χ2v) is 6.73. The molecule has 0 aromatic carbocycles. The van der Waals surface area contributed by atoms with Crippen molar-refractivity contribution in [2.45, 2.75) is 103 Å². The van der Waals surface area contributed by atoms with Gasteiger partial charge in [0.25, 0.3) is 0 Å². The highest BCUT2D eigenvalue weighted by Gasteiger charge is 2.02. The Hall–Kier alpha value is -1.12. The minimum absolute atomic E-state index is 0.454. The van der Waals surface area contributed by atoms with Crippen LogP contribution in [0.15, 0.2) is 18.7 Å². The number of ketones is 1. The number of hydrogen-bond donors (Lipinski definition) is 0. The molecule has 0 saturated carbocycles. The molecule has 1 rings (SSSR count). The lowest BCUT2D eigenvalue weighted by Crippen LogP contribution is -2.00. The molecule has 0 unspecified atom stereocenters. The summed E-state index contributed by atoms with van der Waals surface area (Å²) >= 11 is 0. The predicted octanol–water partition coefficient (Wildman–Crippen LogP) is 5.93. The highest BCUT2D eigenvalue weighted by Crippen LogP contribution is 2.12. The topological polar surface area (TPSA) is 34.9 Å². The predicted molar refractivity (Wildman–Crippen MR) is 97.5 cm³/mol. The van der Waals surface area contributed by atoms with E-state index in [0.29, 0.717) is 5.78 Å². The second kappa shape index (κ2) is 14.5. The van der Waals surface area contributed by atoms with Crippen LogP contribution in [-0.2, 0) is 11.3 Å². The van der Waals surface area contributed by atoms with Crippen LogP contribution in [-0.4, -0.2) is 15.3 Å². The zero-order chi connectivity index (χ0) is 16.6. The summed E-state index contributed by atoms with van der Waals surface area (Å²) in [7, 11) is 0. The minimum atomic E-state index is 0.454. The van der Waals surface area contributed by atoms with Crippen molar-refractivity contribution < 1.29 is 4.79 Å². The molecule has 1 aromatic heterocycles. The summed E-state index contributed by atoms with van der Waals surface area (Å²) in [6, 6.07) is 0. The van der Waals surface area contributed by atoms with Gasteiger partial charge in [-0.05, 0) is 19.3 Å². The molecular formula is C20H36N2O. The summed E-state index contributed by atoms with van der Waals surface area (Å²) in [4.78, 5) is 15.8. The van der Waals surface area contributed by atoms with Crippen LogP contribution in [0.2, 0.25) is 0 Å². The zero-order valence-electron chi connectivity index (χ0n) is 15.1. The Bertz CT molecular complexity index is 373. The van der Waals surface area contributed by atoms with Gasteiger partial charge in [0.2, 0.25) is 0 Å². The van der Waals surface area contributed by atoms with Gasteiger partial charge in [-0.25, -0.2) is 4.98 Å². The Balaban J connectivity index is 1.79. The first-order chi connectivity index (χ1) is 11.3. The van der Waals surface area contributed by atoms with E-state index >= 15 is 0 Å². The maximum absolute atomic E-state index is 11.8. The maximum Gasteiger partial charge on any atom is 0.132 e. The first-order valence-electron chi connectivity index (χ1n) is 9.80. The summed E-state index contributed by atoms with van der Waals surface area (Å²) in [6.45, 7) is 3.24. The summed E-state index contributed by atoms with van der Waals surface area (Å²) < 4.78 is 2.08. The van der Waals surface area contributed by atoms with E-state index in [1.807, 2.05) is 12.5 Å². The number of carbonyl (C=O) groups excluding carboxylic acids is 1. The molecular weight excluding hydrogens is 284 g/mol. The Morgan fingerprint density at radius 1 is 0.826 bits per heavy atom. The van der Waals surface area contributed by atoms with Crippen LogP contribution in [0.5, 0.6) is 0 Å². The van der Waals surface area contributed by atoms with Crippen molar-refractivity contribution in [2.75, 3.05) is 0 Å². The lowest BCUT2D eigenvalue weighted by molar-refractivity contribution is -0.119. The lowest BCUT2D eigenvalue weighted by atomic mass is 10.0. The number of imidazole rings is 1. The van der Waals surface area contributed by atoms with E-state index < -0.39 is 0 Å². The molecule has 23 heavy (non-hydrogen) atoms. The number of Topliss-reactive ketones (excluding diaryl/α,β-unsaturated/α-hetero) is 1. The Kier molecular flexibility index (Phi) is 12.5. The molecule has 0 fully saturated rings. The molecule has 0 saturated heterocycles. The molecule has 132 valence electrons. The number of rotatable bonds is 16. The lowest BCUT2D eigenvalue weighted by Gasteiger charge is -2.04. The first kappa shape index (κ1) is 19.9. The Morgan fingerprint density at radius 3 is 1.96 bits per heavy atom. The van der Waals surface area contributed by atoms with Crippen molar-refractivity contribution in [1.82, 2.24) is 9.55 Å². The van der Waals surface area contributed by atoms with Gasteiger partial charge in [0, 0.05) is 31.8 Å². The van der Waals surface area contributed by atoms with Gasteiger partial charge < -0.3 is 4.57 Å². The van der Waals surface area contributed by atoms with Crippen LogP contribution in [0.25, 0.3) is 0 Å². The van der Waals surface area contributed by atoms with Gasteiger partial charge >= 0.3 is 0 Å². The van der Waals surface area contributed by atoms with E-state index in [1.165, 1.54) is 57.8 Å². The zero-order valence-corrected chi connectivity index (χ0v) is 15.1. The number of carbonyl (C=O) groups is 1. The van der Waals surface area contributed by atoms with Gasteiger partial charge in [0.1, 0.15) is 5.78 Å². The molecule has 0 spiro atoms. The molecule has 0 aliphatic heterocycles. The van der Waals surface area contributed by atoms with Crippen molar-refractivity contribution in [2.24, 2.45) is 0 Å². The van der Waals surface area contributed by atoms with E-state index in [1.54, 1.807) is 6.20 Å². The van der Waals surface area contributed by atoms with Crippen molar-refractivity contribution in [3.63, 3.8) is 0 Å². The van der Waals surface area contributed by atoms with E-state index in [4.69, 9.17) is 0 Å². The summed E-state index contributed by atoms with van der Waals surface area (Å²) in [6.07, 6.45) is 22.6. The molecule has 0 N–H and O–H groups in total. The summed E-state index contributed by atoms with van der Waals surface area (Å²) in [5.74, 6) is 0.454. The first-order valence-corrected chi connectivity index (χ1v) is 9.80. The third-order valence-electron chi connectivity index (χ3n) is 4.49. The smallest absolute Gasteiger partial charge is 0.132 e. The standard InChI is InChI=1S/C20H36N2O/c1-2-3-4-5-6-7-8-9-10-11-14-20(23)15-12-13-17-22-18-16-21-19-22/h16,18-19H,2-15,17H2,1H3. The number of hydrogen-bond acceptors (Lipinski definition) is 2. The molecule has 3 heteroatoms. The number of unbranched alkanes of at least 4 members (excludes halogenated alkanes) is 10. The van der Waals surface area contributed by atoms with Gasteiger partial charge in [0.05, 0.1) is 6.33 Å². The summed E-state index contributed by atoms with van der Waals surface area (Å²) in [5.41, 5.74) is 0. The van der Waals surface area contributed by atoms with Crippen molar-refractivity contribution in [3.8, 4) is 0 Å². The van der Waals surface area contributed by atoms with E-state index in [2.05, 4.69) is 16.5 Å². The van der Waals surface area contributed by atoms with Crippen molar-refractivity contribution in [1.29, 1.82) is 0 Å². The quantitative estimate of drug-likeness (QED) is 0.354. The van der Waals surface area contributed by atoms with Gasteiger partial charge in [0.15, 0.2) is 0 Å². The van der Waals surface area contributed by atoms with E-state index in [0.717, 1.165) is 38.6 Å². The van der Waals surface area contributed by atoms with Crippen LogP contribution in [0, 0.1) is 0 Å². The second-order valence-electron chi connectivity index (χ2n) is 6.73. The highest BCUT2D eigenvalue weighted by atomic mass is 16.1. The highest BCUT2D eigenvalue weighted by molar-refractivity contribution is 5.78. The molecule has 3 nitrogen and oxygen atoms in total. The van der Waals surface area contributed by atoms with Gasteiger partial charge in [-0.15, -0.1) is 0 Å². The molecule has 0 amide bonds. The van der Waals surface area contributed by atoms with Crippen molar-refractivity contribution in [3.05, 3.63) is 18.7 Å². The Morgan fingerprint density at radius 2 is 1.39 bits per heavy atom. The third-order valence-corrected chi connectivity index (χ3v) is 4.49. The third kappa shape index (κ3) is 12.0. The fourth-order valence-electron chi connectivity index (χ4n) is 2.97. The van der Waals surface area contributed by atoms with E-state index in [-0.39, 0.29) is 0 Å². The van der Waals surface area contributed by atoms with Crippen LogP contribution >= 0.6 is 0 Å². The minimum Gasteiger partial charge on any atom is -0.337 e. The molecule has 0 atom stereocenters. The average Bonchev–Trinajstić information content (AvgIpc) is 3.07. The van der Waals surface area contributed by atoms with Crippen LogP contribution in [0.3, 0.4) is 0 Å². The van der Waals surface area contributed by atoms with Crippen LogP contribution in [0.4, 0.5) is 0 Å². The molecule has 1 heterocycles. The molecule has 0 aliphatic carbocycles. The van der Waals surface area contributed by atoms with Crippen LogP contribution in [0.1, 0.15) is 96.8 Å². The molecule has 0 aliphatic rings. The molecule has 1 aromatic rings. The fourth-order valence-corrected chi connectivity index (χ4v) is 2.97. The monoisotopic (exact) mass is 320 g/mol. The van der Waals surface area contributed by atoms with E-state index in [9.17, 15) is 4.79 Å². The Labute approximate surface area is 142 Å². The van der Waals surface area contributed by atoms with Gasteiger partial charge in [-0.3, -0.25) is 4.79 Å². The SMILES string of the molecule is CCCCCCCCCCCCC(=O)CCCCn1ccnc1. The maximum atomic E-state index is 11.8. The number of aryl methyl sites for hydroxylation is 1.